The fourth-order valence-electron chi connectivity index (χ4n) is 1.70. The van der Waals surface area contributed by atoms with Crippen molar-refractivity contribution in [1.82, 2.24) is 10.3 Å². The SMILES string of the molecule is C=CCCC(NC(=O)c1c[nH]cc1C)C(=O)OCC. The van der Waals surface area contributed by atoms with Crippen LogP contribution in [0.15, 0.2) is 25.0 Å². The lowest BCUT2D eigenvalue weighted by molar-refractivity contribution is -0.145. The molecule has 1 atom stereocenters. The summed E-state index contributed by atoms with van der Waals surface area (Å²) in [5.74, 6) is -0.688. The van der Waals surface area contributed by atoms with Crippen LogP contribution < -0.4 is 5.32 Å². The second-order valence-corrected chi connectivity index (χ2v) is 4.20. The molecular formula is C14H20N2O3. The van der Waals surface area contributed by atoms with Crippen molar-refractivity contribution in [1.29, 1.82) is 0 Å². The standard InChI is InChI=1S/C14H20N2O3/c1-4-6-7-12(14(18)19-5-2)16-13(17)11-9-15-8-10(11)3/h4,8-9,12,15H,1,5-7H2,2-3H3,(H,16,17). The van der Waals surface area contributed by atoms with Crippen molar-refractivity contribution in [2.75, 3.05) is 6.61 Å². The van der Waals surface area contributed by atoms with Crippen LogP contribution in [0.25, 0.3) is 0 Å². The van der Waals surface area contributed by atoms with Crippen LogP contribution >= 0.6 is 0 Å². The smallest absolute Gasteiger partial charge is 0.328 e. The Morgan fingerprint density at radius 1 is 1.53 bits per heavy atom. The molecule has 0 saturated carbocycles. The van der Waals surface area contributed by atoms with E-state index in [-0.39, 0.29) is 5.91 Å². The lowest BCUT2D eigenvalue weighted by Gasteiger charge is -2.16. The molecule has 1 amide bonds. The average Bonchev–Trinajstić information content (AvgIpc) is 2.80. The normalized spacial score (nSPS) is 11.7. The molecule has 1 aromatic rings. The largest absolute Gasteiger partial charge is 0.464 e. The van der Waals surface area contributed by atoms with Gasteiger partial charge in [0, 0.05) is 12.4 Å². The zero-order chi connectivity index (χ0) is 14.3. The summed E-state index contributed by atoms with van der Waals surface area (Å²) in [5, 5.41) is 2.70. The van der Waals surface area contributed by atoms with Crippen molar-refractivity contribution in [3.8, 4) is 0 Å². The van der Waals surface area contributed by atoms with Gasteiger partial charge in [-0.3, -0.25) is 4.79 Å². The Labute approximate surface area is 113 Å². The van der Waals surface area contributed by atoms with Gasteiger partial charge in [-0.2, -0.15) is 0 Å². The molecular weight excluding hydrogens is 244 g/mol. The van der Waals surface area contributed by atoms with Crippen LogP contribution in [-0.4, -0.2) is 29.5 Å². The Bertz CT molecular complexity index is 451. The molecule has 0 fully saturated rings. The van der Waals surface area contributed by atoms with Gasteiger partial charge in [0.25, 0.3) is 5.91 Å². The molecule has 1 rings (SSSR count). The van der Waals surface area contributed by atoms with Crippen LogP contribution in [0.3, 0.4) is 0 Å². The van der Waals surface area contributed by atoms with E-state index in [0.717, 1.165) is 5.56 Å². The predicted octanol–water partition coefficient (Wildman–Crippen LogP) is 1.95. The molecule has 0 aromatic carbocycles. The minimum Gasteiger partial charge on any atom is -0.464 e. The molecule has 5 nitrogen and oxygen atoms in total. The van der Waals surface area contributed by atoms with Crippen LogP contribution in [0.4, 0.5) is 0 Å². The number of aromatic nitrogens is 1. The van der Waals surface area contributed by atoms with Gasteiger partial charge in [0.05, 0.1) is 12.2 Å². The van der Waals surface area contributed by atoms with Crippen molar-refractivity contribution < 1.29 is 14.3 Å². The van der Waals surface area contributed by atoms with E-state index < -0.39 is 12.0 Å². The molecule has 0 aliphatic heterocycles. The topological polar surface area (TPSA) is 71.2 Å². The number of carbonyl (C=O) groups excluding carboxylic acids is 2. The summed E-state index contributed by atoms with van der Waals surface area (Å²) in [4.78, 5) is 26.7. The van der Waals surface area contributed by atoms with Crippen molar-refractivity contribution in [3.63, 3.8) is 0 Å². The van der Waals surface area contributed by atoms with Gasteiger partial charge in [-0.1, -0.05) is 6.08 Å². The molecule has 0 saturated heterocycles. The number of amides is 1. The molecule has 0 aliphatic carbocycles. The lowest BCUT2D eigenvalue weighted by atomic mass is 10.1. The molecule has 5 heteroatoms. The summed E-state index contributed by atoms with van der Waals surface area (Å²) >= 11 is 0. The Morgan fingerprint density at radius 3 is 2.79 bits per heavy atom. The van der Waals surface area contributed by atoms with E-state index in [4.69, 9.17) is 4.74 Å². The number of hydrogen-bond donors (Lipinski definition) is 2. The Kier molecular flexibility index (Phi) is 5.85. The molecule has 0 spiro atoms. The molecule has 0 radical (unpaired) electrons. The molecule has 1 heterocycles. The monoisotopic (exact) mass is 264 g/mol. The Balaban J connectivity index is 2.71. The summed E-state index contributed by atoms with van der Waals surface area (Å²) in [6.07, 6.45) is 6.17. The average molecular weight is 264 g/mol. The minimum absolute atomic E-state index is 0.277. The number of carbonyl (C=O) groups is 2. The van der Waals surface area contributed by atoms with E-state index in [2.05, 4.69) is 16.9 Å². The maximum atomic E-state index is 12.0. The van der Waals surface area contributed by atoms with E-state index in [1.165, 1.54) is 0 Å². The number of ether oxygens (including phenoxy) is 1. The molecule has 0 aliphatic rings. The second kappa shape index (κ2) is 7.41. The third-order valence-electron chi connectivity index (χ3n) is 2.73. The summed E-state index contributed by atoms with van der Waals surface area (Å²) in [6, 6.07) is -0.639. The van der Waals surface area contributed by atoms with E-state index in [1.54, 1.807) is 25.4 Å². The molecule has 1 aromatic heterocycles. The first kappa shape index (κ1) is 15.0. The first-order valence-corrected chi connectivity index (χ1v) is 6.31. The van der Waals surface area contributed by atoms with Gasteiger partial charge in [-0.25, -0.2) is 4.79 Å². The second-order valence-electron chi connectivity index (χ2n) is 4.20. The van der Waals surface area contributed by atoms with Crippen LogP contribution in [0.5, 0.6) is 0 Å². The molecule has 19 heavy (non-hydrogen) atoms. The highest BCUT2D eigenvalue weighted by Crippen LogP contribution is 2.08. The molecule has 104 valence electrons. The molecule has 1 unspecified atom stereocenters. The number of esters is 1. The van der Waals surface area contributed by atoms with Gasteiger partial charge in [0.2, 0.25) is 0 Å². The zero-order valence-corrected chi connectivity index (χ0v) is 11.4. The first-order valence-electron chi connectivity index (χ1n) is 6.31. The van der Waals surface area contributed by atoms with Gasteiger partial charge in [-0.15, -0.1) is 6.58 Å². The maximum Gasteiger partial charge on any atom is 0.328 e. The number of rotatable bonds is 7. The van der Waals surface area contributed by atoms with Crippen LogP contribution in [0.1, 0.15) is 35.7 Å². The number of hydrogen-bond acceptors (Lipinski definition) is 3. The zero-order valence-electron chi connectivity index (χ0n) is 11.4. The van der Waals surface area contributed by atoms with E-state index >= 15 is 0 Å². The Morgan fingerprint density at radius 2 is 2.26 bits per heavy atom. The Hall–Kier alpha value is -2.04. The van der Waals surface area contributed by atoms with Crippen molar-refractivity contribution in [2.24, 2.45) is 0 Å². The number of allylic oxidation sites excluding steroid dienone is 1. The predicted molar refractivity (Wildman–Crippen MR) is 72.8 cm³/mol. The summed E-state index contributed by atoms with van der Waals surface area (Å²) in [7, 11) is 0. The van der Waals surface area contributed by atoms with E-state index in [0.29, 0.717) is 25.0 Å². The van der Waals surface area contributed by atoms with Crippen molar-refractivity contribution >= 4 is 11.9 Å². The summed E-state index contributed by atoms with van der Waals surface area (Å²) in [5.41, 5.74) is 1.37. The van der Waals surface area contributed by atoms with Gasteiger partial charge >= 0.3 is 5.97 Å². The van der Waals surface area contributed by atoms with Crippen LogP contribution in [0, 0.1) is 6.92 Å². The lowest BCUT2D eigenvalue weighted by Crippen LogP contribution is -2.41. The van der Waals surface area contributed by atoms with Gasteiger partial charge < -0.3 is 15.0 Å². The van der Waals surface area contributed by atoms with Crippen molar-refractivity contribution in [2.45, 2.75) is 32.7 Å². The third-order valence-corrected chi connectivity index (χ3v) is 2.73. The summed E-state index contributed by atoms with van der Waals surface area (Å²) in [6.45, 7) is 7.47. The number of H-pyrrole nitrogens is 1. The van der Waals surface area contributed by atoms with Gasteiger partial charge in [0.15, 0.2) is 0 Å². The van der Waals surface area contributed by atoms with Crippen molar-refractivity contribution in [3.05, 3.63) is 36.2 Å². The highest BCUT2D eigenvalue weighted by Gasteiger charge is 2.22. The fraction of sp³-hybridized carbons (Fsp3) is 0.429. The van der Waals surface area contributed by atoms with Gasteiger partial charge in [0.1, 0.15) is 6.04 Å². The highest BCUT2D eigenvalue weighted by molar-refractivity contribution is 5.97. The van der Waals surface area contributed by atoms with Gasteiger partial charge in [-0.05, 0) is 32.3 Å². The molecule has 0 bridgehead atoms. The first-order chi connectivity index (χ1) is 9.10. The summed E-state index contributed by atoms with van der Waals surface area (Å²) < 4.78 is 4.95. The third kappa shape index (κ3) is 4.28. The quantitative estimate of drug-likeness (QED) is 0.584. The maximum absolute atomic E-state index is 12.0. The minimum atomic E-state index is -0.639. The van der Waals surface area contributed by atoms with E-state index in [9.17, 15) is 9.59 Å². The highest BCUT2D eigenvalue weighted by atomic mass is 16.5. The number of nitrogens with one attached hydrogen (secondary N) is 2. The van der Waals surface area contributed by atoms with Crippen LogP contribution in [0.2, 0.25) is 0 Å². The molecule has 2 N–H and O–H groups in total. The number of aromatic amines is 1. The number of aryl methyl sites for hydroxylation is 1. The fourth-order valence-corrected chi connectivity index (χ4v) is 1.70. The van der Waals surface area contributed by atoms with E-state index in [1.807, 2.05) is 6.92 Å². The van der Waals surface area contributed by atoms with Crippen LogP contribution in [-0.2, 0) is 9.53 Å².